The highest BCUT2D eigenvalue weighted by atomic mass is 16.5. The first-order valence-corrected chi connectivity index (χ1v) is 6.07. The van der Waals surface area contributed by atoms with Crippen LogP contribution in [0.4, 0.5) is 0 Å². The fourth-order valence-electron chi connectivity index (χ4n) is 1.92. The van der Waals surface area contributed by atoms with Gasteiger partial charge in [-0.15, -0.1) is 0 Å². The van der Waals surface area contributed by atoms with Gasteiger partial charge in [0.15, 0.2) is 0 Å². The van der Waals surface area contributed by atoms with Gasteiger partial charge in [-0.2, -0.15) is 0 Å². The lowest BCUT2D eigenvalue weighted by Gasteiger charge is -2.06. The molecule has 0 spiro atoms. The summed E-state index contributed by atoms with van der Waals surface area (Å²) in [6.45, 7) is 6.20. The van der Waals surface area contributed by atoms with Crippen molar-refractivity contribution >= 4 is 10.9 Å². The summed E-state index contributed by atoms with van der Waals surface area (Å²) in [5.74, 6) is 0.976. The molecule has 0 aliphatic carbocycles. The first kappa shape index (κ1) is 11.1. The Balaban J connectivity index is 2.26. The van der Waals surface area contributed by atoms with Gasteiger partial charge >= 0.3 is 0 Å². The topological polar surface area (TPSA) is 14.2 Å². The highest BCUT2D eigenvalue weighted by molar-refractivity contribution is 5.81. The minimum atomic E-state index is 0.793. The third kappa shape index (κ3) is 2.21. The fourth-order valence-corrected chi connectivity index (χ4v) is 1.92. The zero-order valence-corrected chi connectivity index (χ0v) is 10.1. The third-order valence-electron chi connectivity index (χ3n) is 2.68. The van der Waals surface area contributed by atoms with E-state index in [4.69, 9.17) is 4.74 Å². The minimum Gasteiger partial charge on any atom is -0.494 e. The van der Waals surface area contributed by atoms with E-state index in [9.17, 15) is 0 Å². The lowest BCUT2D eigenvalue weighted by atomic mass is 10.2. The van der Waals surface area contributed by atoms with Gasteiger partial charge < -0.3 is 9.30 Å². The Kier molecular flexibility index (Phi) is 3.50. The number of hydrogen-bond donors (Lipinski definition) is 0. The molecular weight excluding hydrogens is 198 g/mol. The minimum absolute atomic E-state index is 0.793. The van der Waals surface area contributed by atoms with Crippen LogP contribution in [0.2, 0.25) is 0 Å². The summed E-state index contributed by atoms with van der Waals surface area (Å²) in [6.07, 6.45) is 4.37. The Labute approximate surface area is 96.8 Å². The Morgan fingerprint density at radius 2 is 2.00 bits per heavy atom. The summed E-state index contributed by atoms with van der Waals surface area (Å²) in [5, 5.41) is 1.27. The molecule has 0 atom stereocenters. The summed E-state index contributed by atoms with van der Waals surface area (Å²) in [6, 6.07) is 8.49. The number of nitrogens with zero attached hydrogens (tertiary/aromatic N) is 1. The van der Waals surface area contributed by atoms with Crippen LogP contribution in [0.25, 0.3) is 10.9 Å². The molecule has 1 aromatic heterocycles. The number of benzene rings is 1. The van der Waals surface area contributed by atoms with Crippen molar-refractivity contribution < 1.29 is 4.74 Å². The molecule has 2 aromatic rings. The van der Waals surface area contributed by atoms with Crippen LogP contribution in [0.5, 0.6) is 5.75 Å². The second-order valence-corrected chi connectivity index (χ2v) is 4.08. The molecule has 0 amide bonds. The maximum absolute atomic E-state index is 5.62. The van der Waals surface area contributed by atoms with Crippen molar-refractivity contribution in [2.75, 3.05) is 6.61 Å². The molecule has 2 nitrogen and oxygen atoms in total. The van der Waals surface area contributed by atoms with Gasteiger partial charge in [-0.05, 0) is 37.1 Å². The van der Waals surface area contributed by atoms with Gasteiger partial charge in [-0.1, -0.05) is 13.8 Å². The Hall–Kier alpha value is -1.44. The molecule has 0 N–H and O–H groups in total. The van der Waals surface area contributed by atoms with Crippen molar-refractivity contribution in [1.29, 1.82) is 0 Å². The molecule has 0 bridgehead atoms. The van der Waals surface area contributed by atoms with E-state index in [1.54, 1.807) is 0 Å². The summed E-state index contributed by atoms with van der Waals surface area (Å²) >= 11 is 0. The van der Waals surface area contributed by atoms with Crippen molar-refractivity contribution in [2.24, 2.45) is 0 Å². The van der Waals surface area contributed by atoms with Gasteiger partial charge in [0.2, 0.25) is 0 Å². The molecule has 0 fully saturated rings. The smallest absolute Gasteiger partial charge is 0.120 e. The maximum Gasteiger partial charge on any atom is 0.120 e. The molecule has 0 unspecified atom stereocenters. The normalized spacial score (nSPS) is 10.9. The van der Waals surface area contributed by atoms with Crippen LogP contribution in [-0.4, -0.2) is 11.2 Å². The van der Waals surface area contributed by atoms with Gasteiger partial charge in [-0.3, -0.25) is 0 Å². The second kappa shape index (κ2) is 5.06. The third-order valence-corrected chi connectivity index (χ3v) is 2.68. The molecule has 1 heterocycles. The SMILES string of the molecule is CCCOc1ccc2c(ccn2CCC)c1. The summed E-state index contributed by atoms with van der Waals surface area (Å²) < 4.78 is 7.91. The molecule has 0 aliphatic heterocycles. The largest absolute Gasteiger partial charge is 0.494 e. The van der Waals surface area contributed by atoms with Gasteiger partial charge in [0.1, 0.15) is 5.75 Å². The van der Waals surface area contributed by atoms with Crippen LogP contribution in [0, 0.1) is 0 Å². The van der Waals surface area contributed by atoms with E-state index in [2.05, 4.69) is 48.9 Å². The van der Waals surface area contributed by atoms with Crippen LogP contribution in [0.3, 0.4) is 0 Å². The van der Waals surface area contributed by atoms with Gasteiger partial charge in [0, 0.05) is 23.6 Å². The van der Waals surface area contributed by atoms with Crippen molar-refractivity contribution in [3.63, 3.8) is 0 Å². The fraction of sp³-hybridized carbons (Fsp3) is 0.429. The Morgan fingerprint density at radius 1 is 1.12 bits per heavy atom. The molecule has 0 saturated carbocycles. The summed E-state index contributed by atoms with van der Waals surface area (Å²) in [5.41, 5.74) is 1.30. The lowest BCUT2D eigenvalue weighted by Crippen LogP contribution is -1.96. The monoisotopic (exact) mass is 217 g/mol. The second-order valence-electron chi connectivity index (χ2n) is 4.08. The number of aromatic nitrogens is 1. The molecule has 1 aromatic carbocycles. The van der Waals surface area contributed by atoms with E-state index < -0.39 is 0 Å². The quantitative estimate of drug-likeness (QED) is 0.742. The van der Waals surface area contributed by atoms with E-state index in [0.29, 0.717) is 0 Å². The van der Waals surface area contributed by atoms with Gasteiger partial charge in [0.25, 0.3) is 0 Å². The molecule has 86 valence electrons. The van der Waals surface area contributed by atoms with E-state index in [1.807, 2.05) is 0 Å². The maximum atomic E-state index is 5.62. The van der Waals surface area contributed by atoms with Crippen molar-refractivity contribution in [2.45, 2.75) is 33.2 Å². The van der Waals surface area contributed by atoms with Crippen molar-refractivity contribution in [3.05, 3.63) is 30.5 Å². The van der Waals surface area contributed by atoms with Crippen LogP contribution < -0.4 is 4.74 Å². The van der Waals surface area contributed by atoms with Crippen LogP contribution in [0.15, 0.2) is 30.5 Å². The first-order chi connectivity index (χ1) is 7.85. The van der Waals surface area contributed by atoms with E-state index in [0.717, 1.165) is 31.7 Å². The van der Waals surface area contributed by atoms with Crippen LogP contribution >= 0.6 is 0 Å². The predicted octanol–water partition coefficient (Wildman–Crippen LogP) is 3.84. The van der Waals surface area contributed by atoms with Crippen molar-refractivity contribution in [3.8, 4) is 5.75 Å². The standard InChI is InChI=1S/C14H19NO/c1-3-8-15-9-7-12-11-13(16-10-4-2)5-6-14(12)15/h5-7,9,11H,3-4,8,10H2,1-2H3. The molecular formula is C14H19NO. The number of hydrogen-bond acceptors (Lipinski definition) is 1. The first-order valence-electron chi connectivity index (χ1n) is 6.07. The number of rotatable bonds is 5. The van der Waals surface area contributed by atoms with Gasteiger partial charge in [-0.25, -0.2) is 0 Å². The Morgan fingerprint density at radius 3 is 2.75 bits per heavy atom. The highest BCUT2D eigenvalue weighted by Gasteiger charge is 2.01. The number of aryl methyl sites for hydroxylation is 1. The zero-order chi connectivity index (χ0) is 11.4. The van der Waals surface area contributed by atoms with E-state index in [-0.39, 0.29) is 0 Å². The molecule has 0 saturated heterocycles. The summed E-state index contributed by atoms with van der Waals surface area (Å²) in [7, 11) is 0. The molecule has 2 heteroatoms. The molecule has 2 rings (SSSR count). The molecule has 0 radical (unpaired) electrons. The average molecular weight is 217 g/mol. The van der Waals surface area contributed by atoms with Crippen molar-refractivity contribution in [1.82, 2.24) is 4.57 Å². The highest BCUT2D eigenvalue weighted by Crippen LogP contribution is 2.22. The summed E-state index contributed by atoms with van der Waals surface area (Å²) in [4.78, 5) is 0. The van der Waals surface area contributed by atoms with Gasteiger partial charge in [0.05, 0.1) is 6.61 Å². The molecule has 0 aliphatic rings. The van der Waals surface area contributed by atoms with Crippen LogP contribution in [-0.2, 0) is 6.54 Å². The number of ether oxygens (including phenoxy) is 1. The number of fused-ring (bicyclic) bond motifs is 1. The average Bonchev–Trinajstić information content (AvgIpc) is 2.70. The van der Waals surface area contributed by atoms with E-state index >= 15 is 0 Å². The Bertz CT molecular complexity index is 459. The predicted molar refractivity (Wildman–Crippen MR) is 68.0 cm³/mol. The zero-order valence-electron chi connectivity index (χ0n) is 10.1. The molecule has 16 heavy (non-hydrogen) atoms. The van der Waals surface area contributed by atoms with Crippen LogP contribution in [0.1, 0.15) is 26.7 Å². The van der Waals surface area contributed by atoms with E-state index in [1.165, 1.54) is 10.9 Å². The lowest BCUT2D eigenvalue weighted by molar-refractivity contribution is 0.318.